The zero-order valence-corrected chi connectivity index (χ0v) is 19.3. The molecule has 0 bridgehead atoms. The monoisotopic (exact) mass is 472 g/mol. The largest absolute Gasteiger partial charge is 0.444 e. The third-order valence-corrected chi connectivity index (χ3v) is 5.71. The van der Waals surface area contributed by atoms with Crippen LogP contribution in [0.3, 0.4) is 0 Å². The number of carbonyl (C=O) groups is 1. The summed E-state index contributed by atoms with van der Waals surface area (Å²) in [4.78, 5) is 25.3. The van der Waals surface area contributed by atoms with Gasteiger partial charge in [0, 0.05) is 12.1 Å². The number of aryl methyl sites for hydroxylation is 1. The summed E-state index contributed by atoms with van der Waals surface area (Å²) in [6.45, 7) is 4.62. The van der Waals surface area contributed by atoms with E-state index in [9.17, 15) is 13.6 Å². The summed E-state index contributed by atoms with van der Waals surface area (Å²) in [5, 5.41) is 3.49. The van der Waals surface area contributed by atoms with Gasteiger partial charge in [0.25, 0.3) is 0 Å². The average Bonchev–Trinajstić information content (AvgIpc) is 3.14. The molecule has 33 heavy (non-hydrogen) atoms. The molecule has 7 nitrogen and oxygen atoms in total. The lowest BCUT2D eigenvalue weighted by atomic mass is 10.1. The van der Waals surface area contributed by atoms with Gasteiger partial charge in [-0.1, -0.05) is 12.1 Å². The van der Waals surface area contributed by atoms with Crippen LogP contribution in [-0.2, 0) is 11.3 Å². The van der Waals surface area contributed by atoms with Crippen molar-refractivity contribution in [2.24, 2.45) is 0 Å². The molecule has 0 saturated heterocycles. The Kier molecular flexibility index (Phi) is 6.11. The first-order chi connectivity index (χ1) is 15.6. The minimum atomic E-state index is -2.97. The number of nitrogens with zero attached hydrogens (tertiary/aromatic N) is 3. The van der Waals surface area contributed by atoms with Crippen molar-refractivity contribution in [2.75, 3.05) is 0 Å². The second-order valence-electron chi connectivity index (χ2n) is 8.41. The Bertz CT molecular complexity index is 1330. The summed E-state index contributed by atoms with van der Waals surface area (Å²) in [5.74, 6) is -0.242. The van der Waals surface area contributed by atoms with Crippen molar-refractivity contribution in [3.63, 3.8) is 0 Å². The number of nitrogens with one attached hydrogen (secondary N) is 1. The fraction of sp³-hybridized carbons (Fsp3) is 0.304. The fourth-order valence-corrected chi connectivity index (χ4v) is 4.39. The van der Waals surface area contributed by atoms with E-state index in [0.717, 1.165) is 26.9 Å². The quantitative estimate of drug-likeness (QED) is 0.393. The van der Waals surface area contributed by atoms with Crippen molar-refractivity contribution < 1.29 is 23.0 Å². The highest BCUT2D eigenvalue weighted by Crippen LogP contribution is 2.36. The summed E-state index contributed by atoms with van der Waals surface area (Å²) >= 11 is 1.46. The van der Waals surface area contributed by atoms with Crippen LogP contribution in [-0.4, -0.2) is 33.3 Å². The third kappa shape index (κ3) is 5.33. The van der Waals surface area contributed by atoms with Crippen LogP contribution in [0, 0.1) is 6.92 Å². The molecule has 0 spiro atoms. The molecule has 0 atom stereocenters. The van der Waals surface area contributed by atoms with E-state index >= 15 is 0 Å². The second kappa shape index (κ2) is 8.86. The minimum absolute atomic E-state index is 0.242. The molecule has 172 valence electrons. The maximum absolute atomic E-state index is 12.6. The molecular formula is C23H22F2N4O3S. The molecule has 0 aliphatic carbocycles. The summed E-state index contributed by atoms with van der Waals surface area (Å²) in [5.41, 5.74) is 3.70. The van der Waals surface area contributed by atoms with E-state index < -0.39 is 18.3 Å². The average molecular weight is 473 g/mol. The van der Waals surface area contributed by atoms with Gasteiger partial charge in [0.2, 0.25) is 5.88 Å². The van der Waals surface area contributed by atoms with Gasteiger partial charge in [-0.15, -0.1) is 11.3 Å². The van der Waals surface area contributed by atoms with E-state index in [1.807, 2.05) is 31.2 Å². The van der Waals surface area contributed by atoms with Gasteiger partial charge in [0.05, 0.1) is 27.4 Å². The van der Waals surface area contributed by atoms with Gasteiger partial charge in [0.1, 0.15) is 10.6 Å². The van der Waals surface area contributed by atoms with Gasteiger partial charge >= 0.3 is 12.7 Å². The normalized spacial score (nSPS) is 11.8. The molecule has 1 amide bonds. The molecule has 0 radical (unpaired) electrons. The molecule has 0 aliphatic rings. The number of fused-ring (bicyclic) bond motifs is 2. The Morgan fingerprint density at radius 3 is 2.70 bits per heavy atom. The zero-order chi connectivity index (χ0) is 23.8. The SMILES string of the molecule is Cc1cc(-c2nc3cccc(CNC(=O)OC(C)(C)C)c3s2)c2ncc(OC(F)F)nc2c1. The Morgan fingerprint density at radius 1 is 1.18 bits per heavy atom. The fourth-order valence-electron chi connectivity index (χ4n) is 3.30. The number of alkyl halides is 2. The third-order valence-electron chi connectivity index (χ3n) is 4.53. The van der Waals surface area contributed by atoms with Gasteiger partial charge in [-0.25, -0.2) is 19.7 Å². The number of aromatic nitrogens is 3. The number of hydrogen-bond acceptors (Lipinski definition) is 7. The Hall–Kier alpha value is -3.40. The highest BCUT2D eigenvalue weighted by Gasteiger charge is 2.18. The number of carbonyl (C=O) groups excluding carboxylic acids is 1. The number of amides is 1. The number of alkyl carbamates (subject to hydrolysis) is 1. The lowest BCUT2D eigenvalue weighted by Gasteiger charge is -2.19. The molecule has 2 aromatic carbocycles. The lowest BCUT2D eigenvalue weighted by Crippen LogP contribution is -2.32. The van der Waals surface area contributed by atoms with E-state index in [0.29, 0.717) is 16.0 Å². The molecule has 0 aliphatic heterocycles. The zero-order valence-electron chi connectivity index (χ0n) is 18.5. The van der Waals surface area contributed by atoms with Gasteiger partial charge in [-0.2, -0.15) is 8.78 Å². The Balaban J connectivity index is 1.69. The highest BCUT2D eigenvalue weighted by molar-refractivity contribution is 7.22. The lowest BCUT2D eigenvalue weighted by molar-refractivity contribution is -0.0528. The van der Waals surface area contributed by atoms with Crippen molar-refractivity contribution in [3.05, 3.63) is 47.7 Å². The van der Waals surface area contributed by atoms with Gasteiger partial charge < -0.3 is 14.8 Å². The number of halogens is 2. The minimum Gasteiger partial charge on any atom is -0.444 e. The van der Waals surface area contributed by atoms with Crippen LogP contribution in [0.4, 0.5) is 13.6 Å². The van der Waals surface area contributed by atoms with E-state index in [1.165, 1.54) is 17.5 Å². The van der Waals surface area contributed by atoms with E-state index in [1.54, 1.807) is 26.8 Å². The Labute approximate surface area is 192 Å². The van der Waals surface area contributed by atoms with Crippen molar-refractivity contribution in [1.29, 1.82) is 0 Å². The van der Waals surface area contributed by atoms with Crippen LogP contribution in [0.15, 0.2) is 36.5 Å². The predicted molar refractivity (Wildman–Crippen MR) is 123 cm³/mol. The topological polar surface area (TPSA) is 86.2 Å². The molecule has 4 rings (SSSR count). The summed E-state index contributed by atoms with van der Waals surface area (Å²) in [7, 11) is 0. The van der Waals surface area contributed by atoms with E-state index in [2.05, 4.69) is 20.0 Å². The van der Waals surface area contributed by atoms with Crippen molar-refractivity contribution in [3.8, 4) is 16.5 Å². The van der Waals surface area contributed by atoms with E-state index in [-0.39, 0.29) is 12.4 Å². The summed E-state index contributed by atoms with van der Waals surface area (Å²) in [6.07, 6.45) is 0.683. The second-order valence-corrected chi connectivity index (χ2v) is 9.41. The first kappa shape index (κ1) is 22.8. The highest BCUT2D eigenvalue weighted by atomic mass is 32.1. The molecule has 1 N–H and O–H groups in total. The molecule has 0 unspecified atom stereocenters. The van der Waals surface area contributed by atoms with Crippen molar-refractivity contribution in [2.45, 2.75) is 46.5 Å². The number of rotatable bonds is 5. The predicted octanol–water partition coefficient (Wildman–Crippen LogP) is 5.84. The number of thiazole rings is 1. The first-order valence-electron chi connectivity index (χ1n) is 10.2. The molecule has 0 saturated carbocycles. The van der Waals surface area contributed by atoms with Crippen LogP contribution in [0.5, 0.6) is 5.88 Å². The Morgan fingerprint density at radius 2 is 1.97 bits per heavy atom. The van der Waals surface area contributed by atoms with Crippen LogP contribution >= 0.6 is 11.3 Å². The van der Waals surface area contributed by atoms with Crippen LogP contribution in [0.1, 0.15) is 31.9 Å². The van der Waals surface area contributed by atoms with Crippen LogP contribution in [0.25, 0.3) is 31.8 Å². The molecular weight excluding hydrogens is 450 g/mol. The summed E-state index contributed by atoms with van der Waals surface area (Å²) < 4.78 is 35.7. The van der Waals surface area contributed by atoms with Gasteiger partial charge in [-0.05, 0) is 57.0 Å². The van der Waals surface area contributed by atoms with E-state index in [4.69, 9.17) is 9.72 Å². The maximum atomic E-state index is 12.6. The molecule has 0 fully saturated rings. The maximum Gasteiger partial charge on any atom is 0.407 e. The first-order valence-corrected chi connectivity index (χ1v) is 11.0. The smallest absolute Gasteiger partial charge is 0.407 e. The van der Waals surface area contributed by atoms with Gasteiger partial charge in [0.15, 0.2) is 0 Å². The molecule has 4 aromatic rings. The summed E-state index contributed by atoms with van der Waals surface area (Å²) in [6, 6.07) is 9.38. The number of hydrogen-bond donors (Lipinski definition) is 1. The number of benzene rings is 2. The molecule has 10 heteroatoms. The van der Waals surface area contributed by atoms with Crippen molar-refractivity contribution in [1.82, 2.24) is 20.3 Å². The van der Waals surface area contributed by atoms with Gasteiger partial charge in [-0.3, -0.25) is 0 Å². The standard InChI is InChI=1S/C23H22F2N4O3S/c1-12-8-14(18-16(9-12)28-17(11-26-18)31-21(24)25)20-29-15-7-5-6-13(19(15)33-20)10-27-22(30)32-23(2,3)4/h5-9,11,21H,10H2,1-4H3,(H,27,30). The number of ether oxygens (including phenoxy) is 2. The van der Waals surface area contributed by atoms with Crippen LogP contribution < -0.4 is 10.1 Å². The molecule has 2 heterocycles. The molecule has 2 aromatic heterocycles. The van der Waals surface area contributed by atoms with Crippen molar-refractivity contribution >= 4 is 38.7 Å². The van der Waals surface area contributed by atoms with Crippen LogP contribution in [0.2, 0.25) is 0 Å².